The fourth-order valence-electron chi connectivity index (χ4n) is 2.00. The van der Waals surface area contributed by atoms with Crippen molar-refractivity contribution in [1.29, 1.82) is 0 Å². The van der Waals surface area contributed by atoms with Gasteiger partial charge in [0.1, 0.15) is 0 Å². The lowest BCUT2D eigenvalue weighted by Gasteiger charge is -2.06. The van der Waals surface area contributed by atoms with E-state index in [4.69, 9.17) is 9.47 Å². The van der Waals surface area contributed by atoms with Gasteiger partial charge in [-0.1, -0.05) is 30.3 Å². The molecule has 0 amide bonds. The first-order valence-electron chi connectivity index (χ1n) is 5.61. The molecule has 0 atom stereocenters. The average molecular weight is 225 g/mol. The maximum Gasteiger partial charge on any atom is 0.231 e. The van der Waals surface area contributed by atoms with Crippen molar-refractivity contribution < 1.29 is 9.47 Å². The van der Waals surface area contributed by atoms with Crippen LogP contribution in [0.2, 0.25) is 0 Å². The largest absolute Gasteiger partial charge is 0.454 e. The zero-order valence-corrected chi connectivity index (χ0v) is 9.48. The second kappa shape index (κ2) is 4.13. The molecule has 0 fully saturated rings. The Bertz CT molecular complexity index is 546. The topological polar surface area (TPSA) is 18.5 Å². The Morgan fingerprint density at radius 3 is 2.71 bits per heavy atom. The molecule has 1 aliphatic rings. The summed E-state index contributed by atoms with van der Waals surface area (Å²) in [5, 5.41) is 0. The number of ether oxygens (including phenoxy) is 2. The van der Waals surface area contributed by atoms with E-state index in [-0.39, 0.29) is 0 Å². The van der Waals surface area contributed by atoms with Gasteiger partial charge < -0.3 is 9.47 Å². The lowest BCUT2D eigenvalue weighted by Crippen LogP contribution is -1.93. The molecule has 2 nitrogen and oxygen atoms in total. The maximum absolute atomic E-state index is 5.37. The quantitative estimate of drug-likeness (QED) is 0.781. The smallest absolute Gasteiger partial charge is 0.231 e. The van der Waals surface area contributed by atoms with Crippen LogP contribution in [0, 0.1) is 6.92 Å². The van der Waals surface area contributed by atoms with Crippen LogP contribution >= 0.6 is 0 Å². The molecule has 0 aliphatic carbocycles. The molecule has 0 N–H and O–H groups in total. The Balaban J connectivity index is 1.89. The first kappa shape index (κ1) is 10.2. The van der Waals surface area contributed by atoms with Gasteiger partial charge in [-0.2, -0.15) is 0 Å². The zero-order valence-electron chi connectivity index (χ0n) is 9.48. The van der Waals surface area contributed by atoms with E-state index in [1.807, 2.05) is 30.3 Å². The van der Waals surface area contributed by atoms with Gasteiger partial charge in [-0.3, -0.25) is 0 Å². The minimum Gasteiger partial charge on any atom is -0.454 e. The molecule has 0 bridgehead atoms. The van der Waals surface area contributed by atoms with Gasteiger partial charge in [-0.25, -0.2) is 0 Å². The third-order valence-electron chi connectivity index (χ3n) is 2.95. The number of rotatable bonds is 2. The van der Waals surface area contributed by atoms with Crippen molar-refractivity contribution in [3.8, 4) is 11.5 Å². The van der Waals surface area contributed by atoms with E-state index in [1.165, 1.54) is 11.1 Å². The van der Waals surface area contributed by atoms with Gasteiger partial charge >= 0.3 is 0 Å². The standard InChI is InChI=1S/C15H13O2/c1-11-4-2-3-5-13(11)8-12-6-7-14-15(9-12)17-10-16-14/h2-7,9H,1,8,10H2. The second-order valence-corrected chi connectivity index (χ2v) is 4.13. The Morgan fingerprint density at radius 2 is 1.82 bits per heavy atom. The highest BCUT2D eigenvalue weighted by molar-refractivity contribution is 5.46. The van der Waals surface area contributed by atoms with Crippen LogP contribution in [0.1, 0.15) is 16.7 Å². The molecule has 2 heteroatoms. The molecule has 0 unspecified atom stereocenters. The Labute approximate surface area is 101 Å². The molecule has 1 radical (unpaired) electrons. The normalized spacial score (nSPS) is 12.8. The van der Waals surface area contributed by atoms with Crippen molar-refractivity contribution in [3.63, 3.8) is 0 Å². The van der Waals surface area contributed by atoms with Gasteiger partial charge in [-0.15, -0.1) is 0 Å². The van der Waals surface area contributed by atoms with Gasteiger partial charge in [0.05, 0.1) is 0 Å². The first-order chi connectivity index (χ1) is 8.33. The van der Waals surface area contributed by atoms with E-state index in [0.29, 0.717) is 6.79 Å². The zero-order chi connectivity index (χ0) is 11.7. The van der Waals surface area contributed by atoms with Gasteiger partial charge in [0.15, 0.2) is 11.5 Å². The highest BCUT2D eigenvalue weighted by Crippen LogP contribution is 2.33. The summed E-state index contributed by atoms with van der Waals surface area (Å²) in [5.74, 6) is 1.67. The number of hydrogen-bond donors (Lipinski definition) is 0. The van der Waals surface area contributed by atoms with Crippen LogP contribution in [0.3, 0.4) is 0 Å². The lowest BCUT2D eigenvalue weighted by atomic mass is 10.0. The molecule has 3 rings (SSSR count). The molecular weight excluding hydrogens is 212 g/mol. The van der Waals surface area contributed by atoms with Gasteiger partial charge in [-0.05, 0) is 42.2 Å². The maximum atomic E-state index is 5.37. The monoisotopic (exact) mass is 225 g/mol. The summed E-state index contributed by atoms with van der Waals surface area (Å²) in [5.41, 5.74) is 3.53. The molecule has 1 heterocycles. The summed E-state index contributed by atoms with van der Waals surface area (Å²) in [6.45, 7) is 4.36. The van der Waals surface area contributed by atoms with Crippen LogP contribution in [0.5, 0.6) is 11.5 Å². The van der Waals surface area contributed by atoms with Crippen molar-refractivity contribution in [2.24, 2.45) is 0 Å². The molecule has 85 valence electrons. The van der Waals surface area contributed by atoms with Crippen molar-refractivity contribution in [3.05, 3.63) is 66.1 Å². The first-order valence-corrected chi connectivity index (χ1v) is 5.61. The van der Waals surface area contributed by atoms with Crippen LogP contribution < -0.4 is 9.47 Å². The third-order valence-corrected chi connectivity index (χ3v) is 2.95. The summed E-state index contributed by atoms with van der Waals surface area (Å²) in [4.78, 5) is 0. The van der Waals surface area contributed by atoms with Crippen LogP contribution in [0.25, 0.3) is 0 Å². The minimum atomic E-state index is 0.324. The predicted molar refractivity (Wildman–Crippen MR) is 66.3 cm³/mol. The summed E-state index contributed by atoms with van der Waals surface area (Å²) in [6.07, 6.45) is 0.871. The van der Waals surface area contributed by atoms with Gasteiger partial charge in [0.2, 0.25) is 6.79 Å². The molecule has 0 spiro atoms. The summed E-state index contributed by atoms with van der Waals surface area (Å²) in [7, 11) is 0. The third kappa shape index (κ3) is 1.98. The van der Waals surface area contributed by atoms with Crippen LogP contribution in [-0.2, 0) is 6.42 Å². The molecular formula is C15H13O2. The average Bonchev–Trinajstić information content (AvgIpc) is 2.79. The fourth-order valence-corrected chi connectivity index (χ4v) is 2.00. The molecule has 0 saturated carbocycles. The molecule has 0 aromatic heterocycles. The van der Waals surface area contributed by atoms with Gasteiger partial charge in [0, 0.05) is 0 Å². The predicted octanol–water partition coefficient (Wildman–Crippen LogP) is 3.19. The Hall–Kier alpha value is -1.96. The summed E-state index contributed by atoms with van der Waals surface area (Å²) < 4.78 is 10.7. The number of benzene rings is 2. The molecule has 0 saturated heterocycles. The molecule has 2 aromatic carbocycles. The molecule has 1 aliphatic heterocycles. The molecule has 2 aromatic rings. The highest BCUT2D eigenvalue weighted by Gasteiger charge is 2.13. The van der Waals surface area contributed by atoms with Crippen LogP contribution in [0.4, 0.5) is 0 Å². The van der Waals surface area contributed by atoms with Crippen molar-refractivity contribution in [2.45, 2.75) is 6.42 Å². The van der Waals surface area contributed by atoms with Crippen LogP contribution in [0.15, 0.2) is 42.5 Å². The second-order valence-electron chi connectivity index (χ2n) is 4.13. The number of hydrogen-bond acceptors (Lipinski definition) is 2. The van der Waals surface area contributed by atoms with E-state index in [9.17, 15) is 0 Å². The van der Waals surface area contributed by atoms with E-state index < -0.39 is 0 Å². The SMILES string of the molecule is [CH2]c1ccccc1Cc1ccc2c(c1)OCO2. The Kier molecular flexibility index (Phi) is 2.48. The highest BCUT2D eigenvalue weighted by atomic mass is 16.7. The van der Waals surface area contributed by atoms with Crippen LogP contribution in [-0.4, -0.2) is 6.79 Å². The van der Waals surface area contributed by atoms with E-state index in [2.05, 4.69) is 19.1 Å². The van der Waals surface area contributed by atoms with E-state index in [1.54, 1.807) is 0 Å². The molecule has 17 heavy (non-hydrogen) atoms. The lowest BCUT2D eigenvalue weighted by molar-refractivity contribution is 0.174. The van der Waals surface area contributed by atoms with E-state index in [0.717, 1.165) is 23.5 Å². The fraction of sp³-hybridized carbons (Fsp3) is 0.133. The van der Waals surface area contributed by atoms with Crippen molar-refractivity contribution >= 4 is 0 Å². The van der Waals surface area contributed by atoms with Crippen molar-refractivity contribution in [1.82, 2.24) is 0 Å². The summed E-state index contributed by atoms with van der Waals surface area (Å²) >= 11 is 0. The van der Waals surface area contributed by atoms with Crippen molar-refractivity contribution in [2.75, 3.05) is 6.79 Å². The summed E-state index contributed by atoms with van der Waals surface area (Å²) in [6, 6.07) is 14.2. The Morgan fingerprint density at radius 1 is 1.00 bits per heavy atom. The van der Waals surface area contributed by atoms with E-state index >= 15 is 0 Å². The number of fused-ring (bicyclic) bond motifs is 1. The van der Waals surface area contributed by atoms with Gasteiger partial charge in [0.25, 0.3) is 0 Å². The minimum absolute atomic E-state index is 0.324.